The highest BCUT2D eigenvalue weighted by atomic mass is 32.2. The van der Waals surface area contributed by atoms with E-state index in [-0.39, 0.29) is 10.5 Å². The van der Waals surface area contributed by atoms with E-state index in [0.29, 0.717) is 29.9 Å². The van der Waals surface area contributed by atoms with Crippen molar-refractivity contribution in [2.75, 3.05) is 18.4 Å². The number of sulfonamides is 1. The first-order valence-electron chi connectivity index (χ1n) is 9.47. The number of anilines is 1. The van der Waals surface area contributed by atoms with E-state index in [1.165, 1.54) is 28.6 Å². The second-order valence-electron chi connectivity index (χ2n) is 7.21. The average molecular weight is 405 g/mol. The molecule has 1 aliphatic heterocycles. The zero-order valence-electron chi connectivity index (χ0n) is 16.2. The number of benzene rings is 2. The van der Waals surface area contributed by atoms with Crippen molar-refractivity contribution in [2.45, 2.75) is 44.4 Å². The number of rotatable bonds is 4. The normalized spacial score (nSPS) is 15.8. The third-order valence-corrected chi connectivity index (χ3v) is 7.11. The maximum absolute atomic E-state index is 13.5. The lowest BCUT2D eigenvalue weighted by Gasteiger charge is -2.21. The van der Waals surface area contributed by atoms with Crippen molar-refractivity contribution in [3.05, 3.63) is 58.9 Å². The highest BCUT2D eigenvalue weighted by molar-refractivity contribution is 7.89. The summed E-state index contributed by atoms with van der Waals surface area (Å²) < 4.78 is 41.3. The first-order chi connectivity index (χ1) is 13.3. The van der Waals surface area contributed by atoms with E-state index in [9.17, 15) is 17.6 Å². The molecule has 7 heteroatoms. The molecule has 0 aliphatic carbocycles. The van der Waals surface area contributed by atoms with E-state index in [0.717, 1.165) is 25.7 Å². The molecule has 0 atom stereocenters. The summed E-state index contributed by atoms with van der Waals surface area (Å²) in [7, 11) is -3.63. The Kier molecular flexibility index (Phi) is 6.15. The van der Waals surface area contributed by atoms with Gasteiger partial charge in [-0.25, -0.2) is 12.8 Å². The molecule has 0 unspecified atom stereocenters. The summed E-state index contributed by atoms with van der Waals surface area (Å²) in [5, 5.41) is 2.69. The SMILES string of the molecule is Cc1ccc(F)cc1C(=O)Nc1ccc(C)c(S(=O)(=O)N2CCCCCC2)c1. The summed E-state index contributed by atoms with van der Waals surface area (Å²) in [5.41, 5.74) is 1.86. The summed E-state index contributed by atoms with van der Waals surface area (Å²) in [4.78, 5) is 12.7. The van der Waals surface area contributed by atoms with E-state index in [1.54, 1.807) is 26.0 Å². The first-order valence-corrected chi connectivity index (χ1v) is 10.9. The predicted molar refractivity (Wildman–Crippen MR) is 107 cm³/mol. The molecule has 1 heterocycles. The maximum atomic E-state index is 13.5. The van der Waals surface area contributed by atoms with Gasteiger partial charge in [0, 0.05) is 24.3 Å². The summed E-state index contributed by atoms with van der Waals surface area (Å²) in [6, 6.07) is 8.83. The van der Waals surface area contributed by atoms with Crippen LogP contribution in [0.25, 0.3) is 0 Å². The number of hydrogen-bond acceptors (Lipinski definition) is 3. The molecule has 0 spiro atoms. The second kappa shape index (κ2) is 8.41. The van der Waals surface area contributed by atoms with Crippen LogP contribution in [0, 0.1) is 19.7 Å². The monoisotopic (exact) mass is 404 g/mol. The molecule has 1 N–H and O–H groups in total. The van der Waals surface area contributed by atoms with Crippen molar-refractivity contribution in [1.82, 2.24) is 4.31 Å². The van der Waals surface area contributed by atoms with Crippen LogP contribution in [-0.4, -0.2) is 31.7 Å². The third-order valence-electron chi connectivity index (χ3n) is 5.07. The van der Waals surface area contributed by atoms with Crippen LogP contribution in [0.1, 0.15) is 47.2 Å². The second-order valence-corrected chi connectivity index (χ2v) is 9.12. The number of carbonyl (C=O) groups excluding carboxylic acids is 1. The molecule has 0 saturated carbocycles. The molecule has 2 aromatic rings. The quantitative estimate of drug-likeness (QED) is 0.828. The molecule has 1 saturated heterocycles. The zero-order chi connectivity index (χ0) is 20.3. The van der Waals surface area contributed by atoms with Crippen LogP contribution in [0.2, 0.25) is 0 Å². The molecule has 1 fully saturated rings. The Labute approximate surface area is 165 Å². The van der Waals surface area contributed by atoms with E-state index in [1.807, 2.05) is 0 Å². The maximum Gasteiger partial charge on any atom is 0.256 e. The van der Waals surface area contributed by atoms with Crippen molar-refractivity contribution < 1.29 is 17.6 Å². The third kappa shape index (κ3) is 4.42. The van der Waals surface area contributed by atoms with Crippen molar-refractivity contribution in [3.8, 4) is 0 Å². The molecule has 28 heavy (non-hydrogen) atoms. The molecule has 150 valence electrons. The van der Waals surface area contributed by atoms with Gasteiger partial charge in [-0.3, -0.25) is 4.79 Å². The number of carbonyl (C=O) groups is 1. The van der Waals surface area contributed by atoms with E-state index < -0.39 is 21.7 Å². The van der Waals surface area contributed by atoms with E-state index >= 15 is 0 Å². The largest absolute Gasteiger partial charge is 0.322 e. The van der Waals surface area contributed by atoms with Gasteiger partial charge in [-0.1, -0.05) is 25.0 Å². The van der Waals surface area contributed by atoms with Crippen molar-refractivity contribution in [2.24, 2.45) is 0 Å². The minimum Gasteiger partial charge on any atom is -0.322 e. The van der Waals surface area contributed by atoms with Crippen LogP contribution in [-0.2, 0) is 10.0 Å². The Bertz CT molecular complexity index is 981. The average Bonchev–Trinajstić information content (AvgIpc) is 2.95. The van der Waals surface area contributed by atoms with Crippen LogP contribution in [0.15, 0.2) is 41.3 Å². The molecule has 3 rings (SSSR count). The molecular formula is C21H25FN2O3S. The van der Waals surface area contributed by atoms with Gasteiger partial charge in [0.15, 0.2) is 0 Å². The van der Waals surface area contributed by atoms with Gasteiger partial charge in [0.25, 0.3) is 5.91 Å². The van der Waals surface area contributed by atoms with Crippen LogP contribution in [0.5, 0.6) is 0 Å². The topological polar surface area (TPSA) is 66.5 Å². The molecule has 2 aromatic carbocycles. The van der Waals surface area contributed by atoms with E-state index in [4.69, 9.17) is 0 Å². The number of halogens is 1. The summed E-state index contributed by atoms with van der Waals surface area (Å²) in [5.74, 6) is -0.969. The van der Waals surface area contributed by atoms with Crippen molar-refractivity contribution in [1.29, 1.82) is 0 Å². The lowest BCUT2D eigenvalue weighted by molar-refractivity contribution is 0.102. The van der Waals surface area contributed by atoms with Gasteiger partial charge in [0.2, 0.25) is 10.0 Å². The molecule has 0 bridgehead atoms. The molecule has 1 aliphatic rings. The fourth-order valence-corrected chi connectivity index (χ4v) is 5.18. The van der Waals surface area contributed by atoms with Gasteiger partial charge in [0.1, 0.15) is 5.82 Å². The van der Waals surface area contributed by atoms with E-state index in [2.05, 4.69) is 5.32 Å². The van der Waals surface area contributed by atoms with Gasteiger partial charge in [-0.15, -0.1) is 0 Å². The van der Waals surface area contributed by atoms with Crippen molar-refractivity contribution >= 4 is 21.6 Å². The smallest absolute Gasteiger partial charge is 0.256 e. The highest BCUT2D eigenvalue weighted by Gasteiger charge is 2.27. The van der Waals surface area contributed by atoms with Gasteiger partial charge < -0.3 is 5.32 Å². The standard InChI is InChI=1S/C21H25FN2O3S/c1-15-7-9-17(22)13-19(15)21(25)23-18-10-8-16(2)20(14-18)28(26,27)24-11-5-3-4-6-12-24/h7-10,13-14H,3-6,11-12H2,1-2H3,(H,23,25). The minimum atomic E-state index is -3.63. The summed E-state index contributed by atoms with van der Waals surface area (Å²) in [6.45, 7) is 4.49. The van der Waals surface area contributed by atoms with Crippen molar-refractivity contribution in [3.63, 3.8) is 0 Å². The fourth-order valence-electron chi connectivity index (χ4n) is 3.41. The van der Waals surface area contributed by atoms with Gasteiger partial charge in [-0.05, 0) is 62.1 Å². The Morgan fingerprint density at radius 3 is 2.29 bits per heavy atom. The lowest BCUT2D eigenvalue weighted by atomic mass is 10.1. The first kappa shape index (κ1) is 20.5. The molecule has 5 nitrogen and oxygen atoms in total. The van der Waals surface area contributed by atoms with Crippen LogP contribution < -0.4 is 5.32 Å². The fraction of sp³-hybridized carbons (Fsp3) is 0.381. The predicted octanol–water partition coefficient (Wildman–Crippen LogP) is 4.26. The lowest BCUT2D eigenvalue weighted by Crippen LogP contribution is -2.32. The molecule has 0 aromatic heterocycles. The number of hydrogen-bond donors (Lipinski definition) is 1. The van der Waals surface area contributed by atoms with Crippen LogP contribution in [0.3, 0.4) is 0 Å². The molecule has 1 amide bonds. The Hall–Kier alpha value is -2.25. The Morgan fingerprint density at radius 2 is 1.61 bits per heavy atom. The van der Waals surface area contributed by atoms with Gasteiger partial charge in [-0.2, -0.15) is 4.31 Å². The number of aryl methyl sites for hydroxylation is 2. The minimum absolute atomic E-state index is 0.197. The zero-order valence-corrected chi connectivity index (χ0v) is 17.0. The number of amides is 1. The Balaban J connectivity index is 1.89. The van der Waals surface area contributed by atoms with Crippen LogP contribution in [0.4, 0.5) is 10.1 Å². The van der Waals surface area contributed by atoms with Gasteiger partial charge >= 0.3 is 0 Å². The highest BCUT2D eigenvalue weighted by Crippen LogP contribution is 2.26. The Morgan fingerprint density at radius 1 is 0.964 bits per heavy atom. The molecule has 0 radical (unpaired) electrons. The molecular weight excluding hydrogens is 379 g/mol. The number of nitrogens with one attached hydrogen (secondary N) is 1. The summed E-state index contributed by atoms with van der Waals surface area (Å²) >= 11 is 0. The number of nitrogens with zero attached hydrogens (tertiary/aromatic N) is 1. The summed E-state index contributed by atoms with van der Waals surface area (Å²) in [6.07, 6.45) is 3.78. The van der Waals surface area contributed by atoms with Crippen LogP contribution >= 0.6 is 0 Å². The van der Waals surface area contributed by atoms with Gasteiger partial charge in [0.05, 0.1) is 4.90 Å².